The number of hydrogen-bond donors (Lipinski definition) is 3. The molecule has 0 spiro atoms. The molecule has 84 valence electrons. The first-order valence-corrected chi connectivity index (χ1v) is 5.72. The minimum Gasteiger partial charge on any atom is -0.396 e. The molecule has 0 aromatic carbocycles. The minimum atomic E-state index is 0.272. The quantitative estimate of drug-likeness (QED) is 0.483. The van der Waals surface area contributed by atoms with Crippen molar-refractivity contribution < 1.29 is 5.11 Å². The fraction of sp³-hybridized carbons (Fsp3) is 0.750. The zero-order valence-electron chi connectivity index (χ0n) is 8.39. The summed E-state index contributed by atoms with van der Waals surface area (Å²) in [7, 11) is 0. The summed E-state index contributed by atoms with van der Waals surface area (Å²) in [4.78, 5) is 2.26. The van der Waals surface area contributed by atoms with E-state index in [4.69, 9.17) is 10.9 Å². The molecule has 4 N–H and O–H groups in total. The Morgan fingerprint density at radius 1 is 1.67 bits per heavy atom. The maximum Gasteiger partial charge on any atom is 0.148 e. The molecule has 1 fully saturated rings. The van der Waals surface area contributed by atoms with E-state index >= 15 is 0 Å². The fourth-order valence-corrected chi connectivity index (χ4v) is 2.32. The molecule has 1 saturated heterocycles. The number of rotatable bonds is 4. The summed E-state index contributed by atoms with van der Waals surface area (Å²) in [6.45, 7) is 2.96. The van der Waals surface area contributed by atoms with Crippen molar-refractivity contribution in [3.63, 3.8) is 0 Å². The average Bonchev–Trinajstić information content (AvgIpc) is 2.87. The Balaban J connectivity index is 1.92. The lowest BCUT2D eigenvalue weighted by atomic mass is 10.1. The van der Waals surface area contributed by atoms with Gasteiger partial charge in [-0.25, -0.2) is 5.84 Å². The van der Waals surface area contributed by atoms with Gasteiger partial charge < -0.3 is 10.5 Å². The Morgan fingerprint density at radius 2 is 2.53 bits per heavy atom. The molecule has 2 rings (SSSR count). The van der Waals surface area contributed by atoms with Crippen molar-refractivity contribution in [2.45, 2.75) is 13.0 Å². The number of nitrogens with two attached hydrogens (primary N) is 1. The van der Waals surface area contributed by atoms with Crippen molar-refractivity contribution >= 4 is 16.5 Å². The predicted molar refractivity (Wildman–Crippen MR) is 58.2 cm³/mol. The zero-order chi connectivity index (χ0) is 10.7. The number of aromatic nitrogens is 2. The van der Waals surface area contributed by atoms with Crippen LogP contribution in [0.4, 0.5) is 5.00 Å². The van der Waals surface area contributed by atoms with Crippen LogP contribution in [0.15, 0.2) is 0 Å². The molecule has 6 nitrogen and oxygen atoms in total. The summed E-state index contributed by atoms with van der Waals surface area (Å²) in [6, 6.07) is 0. The van der Waals surface area contributed by atoms with E-state index in [-0.39, 0.29) is 6.61 Å². The first-order chi connectivity index (χ1) is 7.33. The maximum atomic E-state index is 9.03. The number of aliphatic hydroxyl groups excluding tert-OH is 1. The second-order valence-corrected chi connectivity index (χ2v) is 4.52. The lowest BCUT2D eigenvalue weighted by Gasteiger charge is -2.14. The van der Waals surface area contributed by atoms with Gasteiger partial charge in [-0.15, -0.1) is 5.10 Å². The van der Waals surface area contributed by atoms with Gasteiger partial charge in [0, 0.05) is 31.2 Å². The summed E-state index contributed by atoms with van der Waals surface area (Å²) < 4.78 is 3.85. The topological polar surface area (TPSA) is 87.3 Å². The third kappa shape index (κ3) is 2.43. The van der Waals surface area contributed by atoms with Gasteiger partial charge in [0.2, 0.25) is 0 Å². The van der Waals surface area contributed by atoms with Gasteiger partial charge in [0.1, 0.15) is 10.7 Å². The van der Waals surface area contributed by atoms with Crippen LogP contribution in [-0.4, -0.2) is 39.3 Å². The normalized spacial score (nSPS) is 22.1. The van der Waals surface area contributed by atoms with Crippen molar-refractivity contribution in [1.82, 2.24) is 14.5 Å². The molecular formula is C8H15N5OS. The standard InChI is InChI=1S/C8H15N5OS/c9-10-8-7(11-12-15-8)4-13-2-1-6(3-13)5-14/h6,10,14H,1-5,9H2. The highest BCUT2D eigenvalue weighted by atomic mass is 32.1. The molecule has 1 aromatic heterocycles. The molecule has 1 aromatic rings. The van der Waals surface area contributed by atoms with Crippen LogP contribution in [0.3, 0.4) is 0 Å². The van der Waals surface area contributed by atoms with Gasteiger partial charge in [-0.3, -0.25) is 4.90 Å². The van der Waals surface area contributed by atoms with E-state index in [2.05, 4.69) is 19.9 Å². The summed E-state index contributed by atoms with van der Waals surface area (Å²) in [5, 5.41) is 13.9. The molecule has 0 aliphatic carbocycles. The van der Waals surface area contributed by atoms with E-state index in [1.807, 2.05) is 0 Å². The summed E-state index contributed by atoms with van der Waals surface area (Å²) >= 11 is 1.27. The SMILES string of the molecule is NNc1snnc1CN1CCC(CO)C1. The van der Waals surface area contributed by atoms with Crippen molar-refractivity contribution in [2.75, 3.05) is 25.1 Å². The van der Waals surface area contributed by atoms with E-state index in [9.17, 15) is 0 Å². The molecule has 1 aliphatic heterocycles. The Bertz CT molecular complexity index is 318. The lowest BCUT2D eigenvalue weighted by molar-refractivity contribution is 0.219. The Kier molecular flexibility index (Phi) is 3.47. The van der Waals surface area contributed by atoms with Crippen LogP contribution >= 0.6 is 11.5 Å². The van der Waals surface area contributed by atoms with Gasteiger partial charge in [0.05, 0.1) is 0 Å². The number of nitrogens with one attached hydrogen (secondary N) is 1. The van der Waals surface area contributed by atoms with Crippen LogP contribution in [0.1, 0.15) is 12.1 Å². The number of aliphatic hydroxyl groups is 1. The smallest absolute Gasteiger partial charge is 0.148 e. The Hall–Kier alpha value is -0.760. The largest absolute Gasteiger partial charge is 0.396 e. The second-order valence-electron chi connectivity index (χ2n) is 3.77. The van der Waals surface area contributed by atoms with Gasteiger partial charge in [-0.05, 0) is 18.9 Å². The molecule has 1 unspecified atom stereocenters. The van der Waals surface area contributed by atoms with Crippen LogP contribution in [0, 0.1) is 5.92 Å². The zero-order valence-corrected chi connectivity index (χ0v) is 9.20. The number of nitrogens with zero attached hydrogens (tertiary/aromatic N) is 3. The first-order valence-electron chi connectivity index (χ1n) is 4.94. The third-order valence-electron chi connectivity index (χ3n) is 2.69. The number of anilines is 1. The van der Waals surface area contributed by atoms with Crippen molar-refractivity contribution in [2.24, 2.45) is 11.8 Å². The third-order valence-corrected chi connectivity index (χ3v) is 3.39. The highest BCUT2D eigenvalue weighted by Gasteiger charge is 2.23. The van der Waals surface area contributed by atoms with Gasteiger partial charge in [0.25, 0.3) is 0 Å². The summed E-state index contributed by atoms with van der Waals surface area (Å²) in [5.41, 5.74) is 3.48. The van der Waals surface area contributed by atoms with Crippen LogP contribution in [0.2, 0.25) is 0 Å². The maximum absolute atomic E-state index is 9.03. The monoisotopic (exact) mass is 229 g/mol. The van der Waals surface area contributed by atoms with Crippen molar-refractivity contribution in [1.29, 1.82) is 0 Å². The van der Waals surface area contributed by atoms with Crippen LogP contribution < -0.4 is 11.3 Å². The van der Waals surface area contributed by atoms with Gasteiger partial charge >= 0.3 is 0 Å². The Morgan fingerprint density at radius 3 is 3.20 bits per heavy atom. The number of likely N-dealkylation sites (tertiary alicyclic amines) is 1. The molecule has 1 aliphatic rings. The van der Waals surface area contributed by atoms with E-state index in [0.29, 0.717) is 5.92 Å². The first kappa shape index (κ1) is 10.7. The van der Waals surface area contributed by atoms with E-state index < -0.39 is 0 Å². The van der Waals surface area contributed by atoms with E-state index in [1.54, 1.807) is 0 Å². The number of hydrazine groups is 1. The summed E-state index contributed by atoms with van der Waals surface area (Å²) in [6.07, 6.45) is 1.06. The fourth-order valence-electron chi connectivity index (χ4n) is 1.84. The average molecular weight is 229 g/mol. The lowest BCUT2D eigenvalue weighted by Crippen LogP contribution is -2.22. The molecule has 0 radical (unpaired) electrons. The Labute approximate surface area is 92.2 Å². The van der Waals surface area contributed by atoms with Crippen LogP contribution in [-0.2, 0) is 6.54 Å². The predicted octanol–water partition coefficient (Wildman–Crippen LogP) is -0.362. The van der Waals surface area contributed by atoms with Gasteiger partial charge in [-0.1, -0.05) is 4.49 Å². The number of nitrogen functional groups attached to an aromatic ring is 1. The highest BCUT2D eigenvalue weighted by Crippen LogP contribution is 2.22. The number of hydrogen-bond acceptors (Lipinski definition) is 7. The van der Waals surface area contributed by atoms with E-state index in [1.165, 1.54) is 11.5 Å². The molecule has 2 heterocycles. The molecule has 0 amide bonds. The van der Waals surface area contributed by atoms with Crippen molar-refractivity contribution in [3.8, 4) is 0 Å². The van der Waals surface area contributed by atoms with Gasteiger partial charge in [0.15, 0.2) is 0 Å². The van der Waals surface area contributed by atoms with Crippen LogP contribution in [0.5, 0.6) is 0 Å². The molecule has 15 heavy (non-hydrogen) atoms. The molecule has 0 bridgehead atoms. The van der Waals surface area contributed by atoms with E-state index in [0.717, 1.165) is 36.8 Å². The highest BCUT2D eigenvalue weighted by molar-refractivity contribution is 7.10. The molecule has 0 saturated carbocycles. The van der Waals surface area contributed by atoms with Crippen molar-refractivity contribution in [3.05, 3.63) is 5.69 Å². The second kappa shape index (κ2) is 4.84. The minimum absolute atomic E-state index is 0.272. The molecule has 1 atom stereocenters. The van der Waals surface area contributed by atoms with Crippen LogP contribution in [0.25, 0.3) is 0 Å². The molecule has 7 heteroatoms. The molecular weight excluding hydrogens is 214 g/mol. The summed E-state index contributed by atoms with van der Waals surface area (Å²) in [5.74, 6) is 5.75. The van der Waals surface area contributed by atoms with Gasteiger partial charge in [-0.2, -0.15) is 0 Å².